The smallest absolute Gasteiger partial charge is 0.374 e. The monoisotopic (exact) mass is 277 g/mol. The van der Waals surface area contributed by atoms with Gasteiger partial charge in [0.1, 0.15) is 6.79 Å². The summed E-state index contributed by atoms with van der Waals surface area (Å²) in [5, 5.41) is 0. The number of hydrogen-bond donors (Lipinski definition) is 0. The summed E-state index contributed by atoms with van der Waals surface area (Å²) in [4.78, 5) is 10.3. The van der Waals surface area contributed by atoms with Gasteiger partial charge in [-0.15, -0.1) is 0 Å². The molecule has 0 radical (unpaired) electrons. The molecule has 0 aliphatic carbocycles. The summed E-state index contributed by atoms with van der Waals surface area (Å²) in [6.45, 7) is 7.37. The highest BCUT2D eigenvalue weighted by molar-refractivity contribution is 5.56. The van der Waals surface area contributed by atoms with Gasteiger partial charge in [0.05, 0.1) is 0 Å². The Morgan fingerprint density at radius 1 is 1.16 bits per heavy atom. The summed E-state index contributed by atoms with van der Waals surface area (Å²) < 4.78 is 31.1. The zero-order valence-corrected chi connectivity index (χ0v) is 11.9. The van der Waals surface area contributed by atoms with E-state index in [0.717, 1.165) is 0 Å². The van der Waals surface area contributed by atoms with Gasteiger partial charge in [0.15, 0.2) is 0 Å². The second-order valence-corrected chi connectivity index (χ2v) is 3.58. The quantitative estimate of drug-likeness (QED) is 0.712. The van der Waals surface area contributed by atoms with Gasteiger partial charge >= 0.3 is 6.18 Å². The number of carbonyl (C=O) groups is 1. The largest absolute Gasteiger partial charge is 0.386 e. The third-order valence-corrected chi connectivity index (χ3v) is 2.12. The molecule has 1 aromatic carbocycles. The molecule has 0 bridgehead atoms. The first-order valence-electron chi connectivity index (χ1n) is 6.02. The number of likely N-dealkylation sites (N-methyl/N-ethyl adjacent to an activating group) is 1. The van der Waals surface area contributed by atoms with Crippen molar-refractivity contribution in [2.24, 2.45) is 0 Å². The summed E-state index contributed by atoms with van der Waals surface area (Å²) in [6.07, 6.45) is -2.79. The fourth-order valence-electron chi connectivity index (χ4n) is 1.50. The van der Waals surface area contributed by atoms with E-state index in [-0.39, 0.29) is 6.92 Å². The van der Waals surface area contributed by atoms with Crippen LogP contribution in [0.3, 0.4) is 0 Å². The molecule has 2 rings (SSSR count). The van der Waals surface area contributed by atoms with Crippen molar-refractivity contribution in [3.8, 4) is 0 Å². The molecule has 0 fully saturated rings. The summed E-state index contributed by atoms with van der Waals surface area (Å²) in [6, 6.07) is 8.60. The summed E-state index contributed by atoms with van der Waals surface area (Å²) in [5.74, 6) is 0. The SMILES string of the molecule is C=O.CC.CC(F)(F)F.CN1CCc2ccccc21. The molecule has 0 spiro atoms. The molecule has 0 saturated heterocycles. The summed E-state index contributed by atoms with van der Waals surface area (Å²) >= 11 is 0. The van der Waals surface area contributed by atoms with Crippen LogP contribution in [0.5, 0.6) is 0 Å². The Morgan fingerprint density at radius 3 is 2.00 bits per heavy atom. The average Bonchev–Trinajstić information content (AvgIpc) is 2.75. The minimum Gasteiger partial charge on any atom is -0.374 e. The number of rotatable bonds is 0. The van der Waals surface area contributed by atoms with Crippen molar-refractivity contribution in [3.05, 3.63) is 29.8 Å². The van der Waals surface area contributed by atoms with E-state index >= 15 is 0 Å². The molecule has 0 aromatic heterocycles. The van der Waals surface area contributed by atoms with Crippen molar-refractivity contribution < 1.29 is 18.0 Å². The molecule has 0 atom stereocenters. The first-order chi connectivity index (χ1) is 8.88. The maximum atomic E-state index is 10.4. The van der Waals surface area contributed by atoms with Crippen LogP contribution in [0, 0.1) is 0 Å². The van der Waals surface area contributed by atoms with Gasteiger partial charge in [-0.05, 0) is 18.1 Å². The standard InChI is InChI=1S/C9H11N.C2H3F3.C2H6.CH2O/c1-10-7-6-8-4-2-3-5-9(8)10;1-2(3,4)5;2*1-2/h2-5H,6-7H2,1H3;1H3;1-2H3;1H2. The van der Waals surface area contributed by atoms with Crippen molar-refractivity contribution in [3.63, 3.8) is 0 Å². The number of alkyl halides is 3. The number of fused-ring (bicyclic) bond motifs is 1. The van der Waals surface area contributed by atoms with Gasteiger partial charge in [-0.1, -0.05) is 32.0 Å². The van der Waals surface area contributed by atoms with Gasteiger partial charge in [-0.3, -0.25) is 0 Å². The molecular formula is C14H22F3NO. The number of carbonyl (C=O) groups excluding carboxylic acids is 1. The Morgan fingerprint density at radius 2 is 1.58 bits per heavy atom. The molecule has 2 nitrogen and oxygen atoms in total. The van der Waals surface area contributed by atoms with Gasteiger partial charge < -0.3 is 9.69 Å². The lowest BCUT2D eigenvalue weighted by atomic mass is 10.2. The molecule has 19 heavy (non-hydrogen) atoms. The topological polar surface area (TPSA) is 20.3 Å². The maximum Gasteiger partial charge on any atom is 0.386 e. The average molecular weight is 277 g/mol. The van der Waals surface area contributed by atoms with Crippen molar-refractivity contribution in [2.45, 2.75) is 33.4 Å². The summed E-state index contributed by atoms with van der Waals surface area (Å²) in [5.41, 5.74) is 2.90. The van der Waals surface area contributed by atoms with Crippen LogP contribution in [0.4, 0.5) is 18.9 Å². The number of nitrogens with zero attached hydrogens (tertiary/aromatic N) is 1. The Balaban J connectivity index is 0. The van der Waals surface area contributed by atoms with Crippen LogP contribution < -0.4 is 4.90 Å². The lowest BCUT2D eigenvalue weighted by Crippen LogP contribution is -2.12. The molecular weight excluding hydrogens is 255 g/mol. The van der Waals surface area contributed by atoms with E-state index in [1.807, 2.05) is 20.6 Å². The Kier molecular flexibility index (Phi) is 10.9. The van der Waals surface area contributed by atoms with E-state index in [9.17, 15) is 13.2 Å². The number of halogens is 3. The first-order valence-corrected chi connectivity index (χ1v) is 6.02. The highest BCUT2D eigenvalue weighted by atomic mass is 19.4. The van der Waals surface area contributed by atoms with Crippen LogP contribution in [-0.2, 0) is 11.2 Å². The second-order valence-electron chi connectivity index (χ2n) is 3.58. The maximum absolute atomic E-state index is 10.4. The lowest BCUT2D eigenvalue weighted by molar-refractivity contribution is -0.110. The third kappa shape index (κ3) is 10.1. The molecule has 0 unspecified atom stereocenters. The van der Waals surface area contributed by atoms with Gasteiger partial charge in [0.25, 0.3) is 0 Å². The van der Waals surface area contributed by atoms with Crippen molar-refractivity contribution in [1.29, 1.82) is 0 Å². The van der Waals surface area contributed by atoms with Gasteiger partial charge in [0, 0.05) is 26.2 Å². The molecule has 110 valence electrons. The van der Waals surface area contributed by atoms with Gasteiger partial charge in [-0.25, -0.2) is 0 Å². The molecule has 0 saturated carbocycles. The zero-order valence-electron chi connectivity index (χ0n) is 11.9. The van der Waals surface area contributed by atoms with Crippen molar-refractivity contribution >= 4 is 12.5 Å². The highest BCUT2D eigenvalue weighted by Gasteiger charge is 2.15. The second kappa shape index (κ2) is 10.4. The van der Waals surface area contributed by atoms with Gasteiger partial charge in [-0.2, -0.15) is 13.2 Å². The van der Waals surface area contributed by atoms with E-state index < -0.39 is 6.18 Å². The van der Waals surface area contributed by atoms with E-state index in [1.54, 1.807) is 0 Å². The Labute approximate surface area is 113 Å². The van der Waals surface area contributed by atoms with Crippen LogP contribution in [0.15, 0.2) is 24.3 Å². The van der Waals surface area contributed by atoms with Crippen molar-refractivity contribution in [2.75, 3.05) is 18.5 Å². The number of para-hydroxylation sites is 1. The fraction of sp³-hybridized carbons (Fsp3) is 0.500. The van der Waals surface area contributed by atoms with E-state index in [4.69, 9.17) is 4.79 Å². The molecule has 0 amide bonds. The summed E-state index contributed by atoms with van der Waals surface area (Å²) in [7, 11) is 2.14. The molecule has 1 heterocycles. The van der Waals surface area contributed by atoms with Crippen LogP contribution in [-0.4, -0.2) is 26.6 Å². The van der Waals surface area contributed by atoms with Crippen LogP contribution in [0.1, 0.15) is 26.3 Å². The molecule has 0 N–H and O–H groups in total. The molecule has 1 aliphatic rings. The molecule has 1 aliphatic heterocycles. The zero-order chi connectivity index (χ0) is 15.5. The predicted molar refractivity (Wildman–Crippen MR) is 73.6 cm³/mol. The highest BCUT2D eigenvalue weighted by Crippen LogP contribution is 2.25. The van der Waals surface area contributed by atoms with E-state index in [1.165, 1.54) is 24.2 Å². The fourth-order valence-corrected chi connectivity index (χ4v) is 1.50. The number of benzene rings is 1. The minimum atomic E-state index is -4.00. The molecule has 5 heteroatoms. The lowest BCUT2D eigenvalue weighted by Gasteiger charge is -2.10. The third-order valence-electron chi connectivity index (χ3n) is 2.12. The van der Waals surface area contributed by atoms with Crippen LogP contribution >= 0.6 is 0 Å². The molecule has 1 aromatic rings. The first kappa shape index (κ1) is 19.8. The van der Waals surface area contributed by atoms with Crippen LogP contribution in [0.2, 0.25) is 0 Å². The van der Waals surface area contributed by atoms with Crippen molar-refractivity contribution in [1.82, 2.24) is 0 Å². The number of anilines is 1. The van der Waals surface area contributed by atoms with Gasteiger partial charge in [0.2, 0.25) is 0 Å². The Hall–Kier alpha value is -1.52. The number of hydrogen-bond acceptors (Lipinski definition) is 2. The minimum absolute atomic E-state index is 0.188. The van der Waals surface area contributed by atoms with E-state index in [2.05, 4.69) is 36.2 Å². The van der Waals surface area contributed by atoms with Crippen LogP contribution in [0.25, 0.3) is 0 Å². The van der Waals surface area contributed by atoms with E-state index in [0.29, 0.717) is 0 Å². The normalized spacial score (nSPS) is 11.8. The predicted octanol–water partition coefficient (Wildman–Crippen LogP) is 4.09. The Bertz CT molecular complexity index is 334.